The summed E-state index contributed by atoms with van der Waals surface area (Å²) in [5.41, 5.74) is 2.38. The number of carboxylic acids is 1. The van der Waals surface area contributed by atoms with E-state index >= 15 is 0 Å². The molecule has 0 bridgehead atoms. The van der Waals surface area contributed by atoms with Gasteiger partial charge in [-0.2, -0.15) is 0 Å². The van der Waals surface area contributed by atoms with Crippen LogP contribution in [0.2, 0.25) is 0 Å². The van der Waals surface area contributed by atoms with Crippen molar-refractivity contribution in [1.29, 1.82) is 0 Å². The van der Waals surface area contributed by atoms with Gasteiger partial charge in [-0.1, -0.05) is 12.1 Å². The second kappa shape index (κ2) is 4.70. The zero-order chi connectivity index (χ0) is 13.2. The number of pyridine rings is 1. The van der Waals surface area contributed by atoms with Gasteiger partial charge >= 0.3 is 5.97 Å². The van der Waals surface area contributed by atoms with Crippen LogP contribution in [0.3, 0.4) is 0 Å². The summed E-state index contributed by atoms with van der Waals surface area (Å²) >= 11 is 1.58. The molecule has 0 aliphatic heterocycles. The highest BCUT2D eigenvalue weighted by molar-refractivity contribution is 7.13. The molecule has 94 valence electrons. The molecule has 4 nitrogen and oxygen atoms in total. The van der Waals surface area contributed by atoms with Gasteiger partial charge < -0.3 is 5.11 Å². The van der Waals surface area contributed by atoms with Crippen LogP contribution in [0.4, 0.5) is 0 Å². The molecule has 3 rings (SSSR count). The summed E-state index contributed by atoms with van der Waals surface area (Å²) in [7, 11) is 0. The second-order valence-corrected chi connectivity index (χ2v) is 4.87. The maximum atomic E-state index is 10.7. The Morgan fingerprint density at radius 1 is 1.32 bits per heavy atom. The first-order valence-electron chi connectivity index (χ1n) is 5.67. The van der Waals surface area contributed by atoms with Crippen molar-refractivity contribution in [2.45, 2.75) is 0 Å². The highest BCUT2D eigenvalue weighted by atomic mass is 32.1. The van der Waals surface area contributed by atoms with Gasteiger partial charge in [0.2, 0.25) is 0 Å². The van der Waals surface area contributed by atoms with E-state index in [0.717, 1.165) is 28.0 Å². The lowest BCUT2D eigenvalue weighted by Gasteiger charge is -1.97. The Morgan fingerprint density at radius 3 is 2.95 bits per heavy atom. The minimum Gasteiger partial charge on any atom is -0.478 e. The minimum atomic E-state index is -0.969. The number of aliphatic carboxylic acids is 1. The van der Waals surface area contributed by atoms with E-state index in [0.29, 0.717) is 0 Å². The number of hydrogen-bond acceptors (Lipinski definition) is 3. The van der Waals surface area contributed by atoms with Crippen molar-refractivity contribution in [2.75, 3.05) is 0 Å². The summed E-state index contributed by atoms with van der Waals surface area (Å²) in [6, 6.07) is 9.63. The number of thiophene rings is 1. The van der Waals surface area contributed by atoms with Gasteiger partial charge in [0.15, 0.2) is 0 Å². The van der Waals surface area contributed by atoms with Gasteiger partial charge in [-0.25, -0.2) is 9.78 Å². The van der Waals surface area contributed by atoms with Gasteiger partial charge in [0, 0.05) is 12.3 Å². The summed E-state index contributed by atoms with van der Waals surface area (Å²) in [5, 5.41) is 10.8. The number of fused-ring (bicyclic) bond motifs is 1. The molecule has 0 spiro atoms. The van der Waals surface area contributed by atoms with Crippen molar-refractivity contribution in [3.8, 4) is 10.6 Å². The molecule has 3 heterocycles. The van der Waals surface area contributed by atoms with Crippen LogP contribution in [-0.2, 0) is 4.79 Å². The first-order chi connectivity index (χ1) is 9.25. The van der Waals surface area contributed by atoms with Gasteiger partial charge in [0.1, 0.15) is 11.3 Å². The molecular weight excluding hydrogens is 260 g/mol. The van der Waals surface area contributed by atoms with Crippen LogP contribution in [-0.4, -0.2) is 20.5 Å². The first kappa shape index (κ1) is 11.7. The van der Waals surface area contributed by atoms with Crippen molar-refractivity contribution in [2.24, 2.45) is 0 Å². The number of hydrogen-bond donors (Lipinski definition) is 1. The summed E-state index contributed by atoms with van der Waals surface area (Å²) < 4.78 is 1.88. The Kier molecular flexibility index (Phi) is 2.89. The fourth-order valence-electron chi connectivity index (χ4n) is 1.92. The molecule has 0 atom stereocenters. The van der Waals surface area contributed by atoms with Crippen molar-refractivity contribution in [3.63, 3.8) is 0 Å². The Balaban J connectivity index is 2.25. The number of aromatic nitrogens is 2. The molecule has 0 radical (unpaired) electrons. The minimum absolute atomic E-state index is 0.778. The Bertz CT molecular complexity index is 757. The topological polar surface area (TPSA) is 54.6 Å². The third kappa shape index (κ3) is 2.15. The van der Waals surface area contributed by atoms with E-state index in [2.05, 4.69) is 4.98 Å². The molecule has 0 amide bonds. The fourth-order valence-corrected chi connectivity index (χ4v) is 2.64. The van der Waals surface area contributed by atoms with Crippen molar-refractivity contribution >= 4 is 29.0 Å². The SMILES string of the molecule is O=C(O)/C=C/c1c(-c2cccs2)nc2ccccn12. The molecule has 0 saturated carbocycles. The largest absolute Gasteiger partial charge is 0.478 e. The van der Waals surface area contributed by atoms with Crippen molar-refractivity contribution in [3.05, 3.63) is 53.7 Å². The smallest absolute Gasteiger partial charge is 0.328 e. The zero-order valence-electron chi connectivity index (χ0n) is 9.85. The first-order valence-corrected chi connectivity index (χ1v) is 6.55. The number of imidazole rings is 1. The van der Waals surface area contributed by atoms with E-state index in [4.69, 9.17) is 5.11 Å². The predicted octanol–water partition coefficient (Wildman–Crippen LogP) is 3.16. The van der Waals surface area contributed by atoms with E-state index < -0.39 is 5.97 Å². The normalized spacial score (nSPS) is 11.4. The number of nitrogens with zero attached hydrogens (tertiary/aromatic N) is 2. The molecule has 5 heteroatoms. The highest BCUT2D eigenvalue weighted by Crippen LogP contribution is 2.29. The monoisotopic (exact) mass is 270 g/mol. The van der Waals surface area contributed by atoms with Crippen molar-refractivity contribution < 1.29 is 9.90 Å². The molecule has 1 N–H and O–H groups in total. The second-order valence-electron chi connectivity index (χ2n) is 3.92. The molecular formula is C14H10N2O2S. The molecule has 0 fully saturated rings. The summed E-state index contributed by atoms with van der Waals surface area (Å²) in [4.78, 5) is 16.3. The maximum absolute atomic E-state index is 10.7. The van der Waals surface area contributed by atoms with Crippen LogP contribution < -0.4 is 0 Å². The van der Waals surface area contributed by atoms with Crippen LogP contribution in [0.1, 0.15) is 5.69 Å². The molecule has 0 aliphatic rings. The summed E-state index contributed by atoms with van der Waals surface area (Å²) in [5.74, 6) is -0.969. The third-order valence-electron chi connectivity index (χ3n) is 2.71. The molecule has 3 aromatic heterocycles. The average Bonchev–Trinajstić information content (AvgIpc) is 3.03. The Labute approximate surface area is 113 Å². The lowest BCUT2D eigenvalue weighted by atomic mass is 10.2. The maximum Gasteiger partial charge on any atom is 0.328 e. The molecule has 0 saturated heterocycles. The quantitative estimate of drug-likeness (QED) is 0.744. The number of carboxylic acid groups (broad SMARTS) is 1. The van der Waals surface area contributed by atoms with Crippen LogP contribution in [0.25, 0.3) is 22.3 Å². The van der Waals surface area contributed by atoms with E-state index in [1.54, 1.807) is 17.4 Å². The average molecular weight is 270 g/mol. The Morgan fingerprint density at radius 2 is 2.21 bits per heavy atom. The van der Waals surface area contributed by atoms with Gasteiger partial charge in [-0.15, -0.1) is 11.3 Å². The van der Waals surface area contributed by atoms with Gasteiger partial charge in [-0.3, -0.25) is 4.40 Å². The third-order valence-corrected chi connectivity index (χ3v) is 3.58. The molecule has 3 aromatic rings. The van der Waals surface area contributed by atoms with Gasteiger partial charge in [0.25, 0.3) is 0 Å². The van der Waals surface area contributed by atoms with E-state index in [1.165, 1.54) is 0 Å². The summed E-state index contributed by atoms with van der Waals surface area (Å²) in [6.07, 6.45) is 4.59. The molecule has 0 aliphatic carbocycles. The molecule has 0 unspecified atom stereocenters. The molecule has 0 aromatic carbocycles. The van der Waals surface area contributed by atoms with Crippen molar-refractivity contribution in [1.82, 2.24) is 9.38 Å². The number of rotatable bonds is 3. The van der Waals surface area contributed by atoms with E-state index in [-0.39, 0.29) is 0 Å². The highest BCUT2D eigenvalue weighted by Gasteiger charge is 2.12. The standard InChI is InChI=1S/C14H10N2O2S/c17-13(18)7-6-10-14(11-4-3-9-19-11)15-12-5-1-2-8-16(10)12/h1-9H,(H,17,18)/b7-6+. The van der Waals surface area contributed by atoms with Crippen LogP contribution >= 0.6 is 11.3 Å². The van der Waals surface area contributed by atoms with Crippen LogP contribution in [0, 0.1) is 0 Å². The van der Waals surface area contributed by atoms with Gasteiger partial charge in [0.05, 0.1) is 10.6 Å². The Hall–Kier alpha value is -2.40. The van der Waals surface area contributed by atoms with E-state index in [1.807, 2.05) is 46.3 Å². The van der Waals surface area contributed by atoms with E-state index in [9.17, 15) is 4.79 Å². The lowest BCUT2D eigenvalue weighted by molar-refractivity contribution is -0.131. The van der Waals surface area contributed by atoms with Crippen LogP contribution in [0.5, 0.6) is 0 Å². The number of carbonyl (C=O) groups is 1. The van der Waals surface area contributed by atoms with Gasteiger partial charge in [-0.05, 0) is 29.7 Å². The van der Waals surface area contributed by atoms with Crippen LogP contribution in [0.15, 0.2) is 48.0 Å². The summed E-state index contributed by atoms with van der Waals surface area (Å²) in [6.45, 7) is 0. The fraction of sp³-hybridized carbons (Fsp3) is 0. The zero-order valence-corrected chi connectivity index (χ0v) is 10.7. The lowest BCUT2D eigenvalue weighted by Crippen LogP contribution is -1.90. The predicted molar refractivity (Wildman–Crippen MR) is 75.2 cm³/mol. The molecule has 19 heavy (non-hydrogen) atoms.